The Labute approximate surface area is 200 Å². The summed E-state index contributed by atoms with van der Waals surface area (Å²) in [7, 11) is 0. The van der Waals surface area contributed by atoms with E-state index in [0.717, 1.165) is 32.1 Å². The van der Waals surface area contributed by atoms with Crippen LogP contribution in [-0.4, -0.2) is 17.9 Å². The van der Waals surface area contributed by atoms with Crippen LogP contribution in [0.3, 0.4) is 0 Å². The van der Waals surface area contributed by atoms with Gasteiger partial charge in [0.25, 0.3) is 0 Å². The second kappa shape index (κ2) is 6.35. The van der Waals surface area contributed by atoms with E-state index in [4.69, 9.17) is 4.74 Å². The zero-order valence-electron chi connectivity index (χ0n) is 21.8. The minimum atomic E-state index is -0.248. The monoisotopic (exact) mass is 452 g/mol. The smallest absolute Gasteiger partial charge is 0.312 e. The second-order valence-electron chi connectivity index (χ2n) is 14.5. The van der Waals surface area contributed by atoms with E-state index in [-0.39, 0.29) is 39.1 Å². The summed E-state index contributed by atoms with van der Waals surface area (Å²) in [6, 6.07) is 0. The van der Waals surface area contributed by atoms with Crippen molar-refractivity contribution in [1.82, 2.24) is 0 Å². The number of fused-ring (bicyclic) bond motifs is 7. The Balaban J connectivity index is 1.42. The Morgan fingerprint density at radius 3 is 2.33 bits per heavy atom. The number of rotatable bonds is 1. The quantitative estimate of drug-likeness (QED) is 0.326. The van der Waals surface area contributed by atoms with Crippen molar-refractivity contribution in [2.45, 2.75) is 105 Å². The predicted octanol–water partition coefficient (Wildman–Crippen LogP) is 6.75. The molecule has 0 aromatic rings. The van der Waals surface area contributed by atoms with Crippen LogP contribution in [0.5, 0.6) is 0 Å². The molecule has 3 heteroatoms. The number of carbonyl (C=O) groups is 2. The van der Waals surface area contributed by atoms with Gasteiger partial charge in [-0.05, 0) is 91.8 Å². The van der Waals surface area contributed by atoms with E-state index in [1.807, 2.05) is 0 Å². The molecule has 1 spiro atoms. The van der Waals surface area contributed by atoms with Crippen molar-refractivity contribution < 1.29 is 14.3 Å². The number of hydrogen-bond acceptors (Lipinski definition) is 3. The predicted molar refractivity (Wildman–Crippen MR) is 129 cm³/mol. The number of ketones is 1. The van der Waals surface area contributed by atoms with Gasteiger partial charge < -0.3 is 4.74 Å². The Morgan fingerprint density at radius 2 is 1.64 bits per heavy atom. The van der Waals surface area contributed by atoms with Crippen LogP contribution < -0.4 is 0 Å². The highest BCUT2D eigenvalue weighted by Gasteiger charge is 2.75. The van der Waals surface area contributed by atoms with Crippen molar-refractivity contribution in [2.24, 2.45) is 56.7 Å². The van der Waals surface area contributed by atoms with E-state index >= 15 is 0 Å². The molecule has 6 aliphatic rings. The van der Waals surface area contributed by atoms with E-state index in [1.165, 1.54) is 31.3 Å². The molecule has 0 amide bonds. The van der Waals surface area contributed by atoms with Crippen molar-refractivity contribution in [3.8, 4) is 0 Å². The molecule has 0 N–H and O–H groups in total. The summed E-state index contributed by atoms with van der Waals surface area (Å²) in [5.41, 5.74) is 1.53. The van der Waals surface area contributed by atoms with Gasteiger partial charge in [-0.1, -0.05) is 46.8 Å². The molecule has 6 fully saturated rings. The van der Waals surface area contributed by atoms with Crippen LogP contribution in [0.15, 0.2) is 12.2 Å². The highest BCUT2D eigenvalue weighted by atomic mass is 16.6. The van der Waals surface area contributed by atoms with E-state index in [0.29, 0.717) is 35.4 Å². The number of esters is 1. The zero-order chi connectivity index (χ0) is 23.8. The molecular weight excluding hydrogens is 408 g/mol. The van der Waals surface area contributed by atoms with E-state index < -0.39 is 0 Å². The first-order valence-corrected chi connectivity index (χ1v) is 13.7. The molecule has 10 atom stereocenters. The molecular formula is C30H44O3. The minimum Gasteiger partial charge on any atom is -0.461 e. The van der Waals surface area contributed by atoms with E-state index in [2.05, 4.69) is 48.1 Å². The number of hydrogen-bond donors (Lipinski definition) is 0. The standard InChI is InChI=1S/C30H44O3/c1-17(2)23-19-16-30(25(32)33-19)15-14-28(6)18(24(23)30)8-9-21-27(5)12-11-22(31)26(3,4)20(27)10-13-29(21,28)7/h18-21,23-24H,1,8-16H2,2-7H3/t18-,19-,20-,21+,23-,24+,27-,28+,29-,30+/m0/s1. The van der Waals surface area contributed by atoms with Crippen LogP contribution >= 0.6 is 0 Å². The van der Waals surface area contributed by atoms with Crippen LogP contribution in [-0.2, 0) is 14.3 Å². The van der Waals surface area contributed by atoms with Crippen molar-refractivity contribution in [1.29, 1.82) is 0 Å². The van der Waals surface area contributed by atoms with Gasteiger partial charge in [0.05, 0.1) is 5.41 Å². The second-order valence-corrected chi connectivity index (χ2v) is 14.5. The third kappa shape index (κ3) is 2.34. The fourth-order valence-corrected chi connectivity index (χ4v) is 11.7. The Morgan fingerprint density at radius 1 is 0.909 bits per heavy atom. The summed E-state index contributed by atoms with van der Waals surface area (Å²) in [5, 5.41) is 0. The first kappa shape index (κ1) is 22.4. The Hall–Kier alpha value is -1.12. The van der Waals surface area contributed by atoms with Gasteiger partial charge in [-0.15, -0.1) is 0 Å². The van der Waals surface area contributed by atoms with Crippen molar-refractivity contribution in [3.63, 3.8) is 0 Å². The lowest BCUT2D eigenvalue weighted by atomic mass is 9.32. The fourth-order valence-electron chi connectivity index (χ4n) is 11.7. The van der Waals surface area contributed by atoms with Gasteiger partial charge in [0, 0.05) is 24.2 Å². The SMILES string of the molecule is C=C(C)[C@@H]1[C@H]2[C@@H]3CC[C@@H]4[C@@]5(C)CCC(=O)C(C)(C)[C@@H]5CC[C@]4(C)[C@]3(C)CC[C@@]23C[C@@H]1OC3=O. The van der Waals surface area contributed by atoms with Crippen LogP contribution in [0.2, 0.25) is 0 Å². The minimum absolute atomic E-state index is 0.0614. The van der Waals surface area contributed by atoms with Crippen LogP contribution in [0.1, 0.15) is 99.3 Å². The largest absolute Gasteiger partial charge is 0.461 e. The lowest BCUT2D eigenvalue weighted by Gasteiger charge is -2.72. The molecule has 5 saturated carbocycles. The molecule has 1 aliphatic heterocycles. The Bertz CT molecular complexity index is 948. The average Bonchev–Trinajstić information content (AvgIpc) is 3.23. The summed E-state index contributed by atoms with van der Waals surface area (Å²) >= 11 is 0. The highest BCUT2D eigenvalue weighted by Crippen LogP contribution is 2.78. The van der Waals surface area contributed by atoms with Crippen molar-refractivity contribution >= 4 is 11.8 Å². The Kier molecular flexibility index (Phi) is 4.30. The molecule has 6 rings (SSSR count). The fraction of sp³-hybridized carbons (Fsp3) is 0.867. The molecule has 0 aromatic carbocycles. The molecule has 1 saturated heterocycles. The van der Waals surface area contributed by atoms with Crippen LogP contribution in [0.4, 0.5) is 0 Å². The first-order valence-electron chi connectivity index (χ1n) is 13.7. The molecule has 33 heavy (non-hydrogen) atoms. The molecule has 182 valence electrons. The van der Waals surface area contributed by atoms with Crippen molar-refractivity contribution in [2.75, 3.05) is 0 Å². The maximum atomic E-state index is 13.2. The van der Waals surface area contributed by atoms with Gasteiger partial charge in [0.2, 0.25) is 0 Å². The van der Waals surface area contributed by atoms with Crippen molar-refractivity contribution in [3.05, 3.63) is 12.2 Å². The molecule has 5 aliphatic carbocycles. The van der Waals surface area contributed by atoms with E-state index in [9.17, 15) is 9.59 Å². The molecule has 0 radical (unpaired) electrons. The molecule has 0 aromatic heterocycles. The maximum Gasteiger partial charge on any atom is 0.312 e. The average molecular weight is 453 g/mol. The van der Waals surface area contributed by atoms with Gasteiger partial charge in [-0.3, -0.25) is 9.59 Å². The van der Waals surface area contributed by atoms with Gasteiger partial charge in [-0.2, -0.15) is 0 Å². The van der Waals surface area contributed by atoms with E-state index in [1.54, 1.807) is 0 Å². The van der Waals surface area contributed by atoms with Gasteiger partial charge in [-0.25, -0.2) is 0 Å². The first-order chi connectivity index (χ1) is 15.3. The summed E-state index contributed by atoms with van der Waals surface area (Å²) in [4.78, 5) is 26.1. The summed E-state index contributed by atoms with van der Waals surface area (Å²) < 4.78 is 5.93. The highest BCUT2D eigenvalue weighted by molar-refractivity contribution is 5.85. The molecule has 0 unspecified atom stereocenters. The lowest BCUT2D eigenvalue weighted by molar-refractivity contribution is -0.238. The zero-order valence-corrected chi connectivity index (χ0v) is 21.8. The number of ether oxygens (including phenoxy) is 1. The summed E-state index contributed by atoms with van der Waals surface area (Å²) in [6.45, 7) is 18.8. The number of Topliss-reactive ketones (excluding diaryl/α,β-unsaturated/α-hetero) is 1. The molecule has 1 heterocycles. The lowest BCUT2D eigenvalue weighted by Crippen LogP contribution is -2.67. The van der Waals surface area contributed by atoms with Gasteiger partial charge in [0.1, 0.15) is 11.9 Å². The van der Waals surface area contributed by atoms with Gasteiger partial charge >= 0.3 is 5.97 Å². The van der Waals surface area contributed by atoms with Gasteiger partial charge in [0.15, 0.2) is 0 Å². The molecule has 3 nitrogen and oxygen atoms in total. The third-order valence-electron chi connectivity index (χ3n) is 13.4. The maximum absolute atomic E-state index is 13.2. The summed E-state index contributed by atoms with van der Waals surface area (Å²) in [6.07, 6.45) is 9.84. The normalized spacial score (nSPS) is 56.3. The van der Waals surface area contributed by atoms with Crippen LogP contribution in [0, 0.1) is 56.7 Å². The topological polar surface area (TPSA) is 43.4 Å². The molecule has 2 bridgehead atoms. The number of carbonyl (C=O) groups excluding carboxylic acids is 2. The third-order valence-corrected chi connectivity index (χ3v) is 13.4. The van der Waals surface area contributed by atoms with Crippen LogP contribution in [0.25, 0.3) is 0 Å². The summed E-state index contributed by atoms with van der Waals surface area (Å²) in [5.74, 6) is 3.08.